The van der Waals surface area contributed by atoms with Crippen molar-refractivity contribution in [2.24, 2.45) is 14.1 Å². The Morgan fingerprint density at radius 3 is 2.27 bits per heavy atom. The maximum absolute atomic E-state index is 13.7. The lowest BCUT2D eigenvalue weighted by atomic mass is 10.1. The van der Waals surface area contributed by atoms with Crippen molar-refractivity contribution in [3.8, 4) is 0 Å². The van der Waals surface area contributed by atoms with Crippen LogP contribution in [0.25, 0.3) is 0 Å². The summed E-state index contributed by atoms with van der Waals surface area (Å²) in [6.45, 7) is 3.48. The van der Waals surface area contributed by atoms with E-state index in [9.17, 15) is 18.8 Å². The number of piperazine rings is 1. The highest BCUT2D eigenvalue weighted by Gasteiger charge is 2.24. The van der Waals surface area contributed by atoms with Gasteiger partial charge in [0.15, 0.2) is 0 Å². The molecule has 7 nitrogen and oxygen atoms in total. The van der Waals surface area contributed by atoms with Crippen molar-refractivity contribution in [2.75, 3.05) is 31.1 Å². The van der Waals surface area contributed by atoms with Gasteiger partial charge in [-0.05, 0) is 24.6 Å². The molecule has 8 heteroatoms. The molecule has 0 N–H and O–H groups in total. The summed E-state index contributed by atoms with van der Waals surface area (Å²) < 4.78 is 16.2. The number of anilines is 1. The molecule has 1 aromatic heterocycles. The Morgan fingerprint density at radius 1 is 1.00 bits per heavy atom. The standard InChI is InChI=1S/C18H21FN4O3/c1-12-4-5-13(10-14(12)19)17(25)23-8-6-22(7-9-23)15-11-16(24)21(3)18(26)20(15)2/h4-5,10-11H,6-9H2,1-3H3. The second kappa shape index (κ2) is 6.78. The fraction of sp³-hybridized carbons (Fsp3) is 0.389. The van der Waals surface area contributed by atoms with Crippen molar-refractivity contribution in [1.82, 2.24) is 14.0 Å². The highest BCUT2D eigenvalue weighted by Crippen LogP contribution is 2.16. The number of nitrogens with zero attached hydrogens (tertiary/aromatic N) is 4. The van der Waals surface area contributed by atoms with Gasteiger partial charge >= 0.3 is 5.69 Å². The summed E-state index contributed by atoms with van der Waals surface area (Å²) in [5.74, 6) is -0.0855. The average Bonchev–Trinajstić information content (AvgIpc) is 2.65. The molecule has 0 unspecified atom stereocenters. The average molecular weight is 360 g/mol. The topological polar surface area (TPSA) is 67.6 Å². The second-order valence-electron chi connectivity index (χ2n) is 6.48. The molecule has 0 bridgehead atoms. The molecular weight excluding hydrogens is 339 g/mol. The number of hydrogen-bond donors (Lipinski definition) is 0. The van der Waals surface area contributed by atoms with Crippen molar-refractivity contribution in [1.29, 1.82) is 0 Å². The molecule has 2 heterocycles. The van der Waals surface area contributed by atoms with E-state index in [-0.39, 0.29) is 17.2 Å². The Bertz CT molecular complexity index is 971. The lowest BCUT2D eigenvalue weighted by molar-refractivity contribution is 0.0746. The molecule has 0 atom stereocenters. The van der Waals surface area contributed by atoms with Crippen LogP contribution in [0, 0.1) is 12.7 Å². The molecule has 1 aromatic carbocycles. The van der Waals surface area contributed by atoms with Gasteiger partial charge in [-0.2, -0.15) is 0 Å². The van der Waals surface area contributed by atoms with Gasteiger partial charge in [0.2, 0.25) is 0 Å². The first-order valence-electron chi connectivity index (χ1n) is 8.37. The van der Waals surface area contributed by atoms with Crippen LogP contribution >= 0.6 is 0 Å². The third-order valence-electron chi connectivity index (χ3n) is 4.81. The molecule has 0 spiro atoms. The monoisotopic (exact) mass is 360 g/mol. The first-order chi connectivity index (χ1) is 12.3. The first-order valence-corrected chi connectivity index (χ1v) is 8.37. The molecule has 1 amide bonds. The molecule has 1 saturated heterocycles. The predicted molar refractivity (Wildman–Crippen MR) is 96.2 cm³/mol. The Labute approximate surface area is 149 Å². The number of aromatic nitrogens is 2. The van der Waals surface area contributed by atoms with Crippen LogP contribution in [0.4, 0.5) is 10.2 Å². The summed E-state index contributed by atoms with van der Waals surface area (Å²) in [7, 11) is 3.05. The molecule has 0 radical (unpaired) electrons. The normalized spacial score (nSPS) is 14.6. The summed E-state index contributed by atoms with van der Waals surface area (Å²) in [6.07, 6.45) is 0. The summed E-state index contributed by atoms with van der Waals surface area (Å²) in [6, 6.07) is 5.90. The highest BCUT2D eigenvalue weighted by atomic mass is 19.1. The van der Waals surface area contributed by atoms with Crippen molar-refractivity contribution >= 4 is 11.7 Å². The molecule has 138 valence electrons. The van der Waals surface area contributed by atoms with Crippen LogP contribution in [-0.2, 0) is 14.1 Å². The van der Waals surface area contributed by atoms with Crippen molar-refractivity contribution in [3.63, 3.8) is 0 Å². The molecule has 1 fully saturated rings. The number of benzene rings is 1. The zero-order valence-electron chi connectivity index (χ0n) is 15.0. The van der Waals surface area contributed by atoms with Crippen LogP contribution in [0.15, 0.2) is 33.9 Å². The number of hydrogen-bond acceptors (Lipinski definition) is 4. The van der Waals surface area contributed by atoms with E-state index < -0.39 is 5.82 Å². The zero-order valence-corrected chi connectivity index (χ0v) is 15.0. The smallest absolute Gasteiger partial charge is 0.332 e. The van der Waals surface area contributed by atoms with Crippen LogP contribution in [0.1, 0.15) is 15.9 Å². The van der Waals surface area contributed by atoms with Gasteiger partial charge in [0, 0.05) is 51.9 Å². The Morgan fingerprint density at radius 2 is 1.65 bits per heavy atom. The fourth-order valence-electron chi connectivity index (χ4n) is 3.07. The van der Waals surface area contributed by atoms with Crippen LogP contribution in [0.5, 0.6) is 0 Å². The van der Waals surface area contributed by atoms with E-state index in [0.717, 1.165) is 4.57 Å². The van der Waals surface area contributed by atoms with Crippen LogP contribution in [0.3, 0.4) is 0 Å². The van der Waals surface area contributed by atoms with Crippen molar-refractivity contribution in [3.05, 3.63) is 62.0 Å². The van der Waals surface area contributed by atoms with Gasteiger partial charge in [-0.3, -0.25) is 18.7 Å². The Hall–Kier alpha value is -2.90. The minimum absolute atomic E-state index is 0.221. The van der Waals surface area contributed by atoms with Gasteiger partial charge in [-0.1, -0.05) is 6.07 Å². The summed E-state index contributed by atoms with van der Waals surface area (Å²) in [4.78, 5) is 40.1. The third-order valence-corrected chi connectivity index (χ3v) is 4.81. The van der Waals surface area contributed by atoms with Crippen LogP contribution < -0.4 is 16.1 Å². The lowest BCUT2D eigenvalue weighted by Gasteiger charge is -2.36. The minimum atomic E-state index is -0.399. The maximum atomic E-state index is 13.7. The second-order valence-corrected chi connectivity index (χ2v) is 6.48. The number of carbonyl (C=O) groups is 1. The zero-order chi connectivity index (χ0) is 19.0. The number of aryl methyl sites for hydroxylation is 1. The third kappa shape index (κ3) is 3.14. The Balaban J connectivity index is 1.75. The van der Waals surface area contributed by atoms with Crippen molar-refractivity contribution < 1.29 is 9.18 Å². The van der Waals surface area contributed by atoms with Gasteiger partial charge in [-0.25, -0.2) is 9.18 Å². The Kier molecular flexibility index (Phi) is 4.67. The maximum Gasteiger partial charge on any atom is 0.332 e. The predicted octanol–water partition coefficient (Wildman–Crippen LogP) is 0.494. The van der Waals surface area contributed by atoms with Crippen LogP contribution in [0.2, 0.25) is 0 Å². The molecule has 2 aromatic rings. The quantitative estimate of drug-likeness (QED) is 0.782. The molecule has 3 rings (SSSR count). The van der Waals surface area contributed by atoms with E-state index in [4.69, 9.17) is 0 Å². The molecule has 1 aliphatic heterocycles. The van der Waals surface area contributed by atoms with Gasteiger partial charge in [0.25, 0.3) is 11.5 Å². The number of amides is 1. The van der Waals surface area contributed by atoms with Crippen molar-refractivity contribution in [2.45, 2.75) is 6.92 Å². The number of halogens is 1. The van der Waals surface area contributed by atoms with Gasteiger partial charge in [-0.15, -0.1) is 0 Å². The van der Waals surface area contributed by atoms with E-state index >= 15 is 0 Å². The summed E-state index contributed by atoms with van der Waals surface area (Å²) in [5, 5.41) is 0. The molecular formula is C18H21FN4O3. The highest BCUT2D eigenvalue weighted by molar-refractivity contribution is 5.94. The van der Waals surface area contributed by atoms with E-state index in [1.807, 2.05) is 4.90 Å². The molecule has 1 aliphatic rings. The van der Waals surface area contributed by atoms with E-state index in [2.05, 4.69) is 0 Å². The summed E-state index contributed by atoms with van der Waals surface area (Å²) in [5.41, 5.74) is 0.0679. The van der Waals surface area contributed by atoms with Gasteiger partial charge in [0.1, 0.15) is 11.6 Å². The molecule has 0 aliphatic carbocycles. The molecule has 26 heavy (non-hydrogen) atoms. The van der Waals surface area contributed by atoms with E-state index in [1.54, 1.807) is 31.0 Å². The van der Waals surface area contributed by atoms with E-state index in [1.165, 1.54) is 23.7 Å². The minimum Gasteiger partial charge on any atom is -0.354 e. The number of carbonyl (C=O) groups excluding carboxylic acids is 1. The number of rotatable bonds is 2. The summed E-state index contributed by atoms with van der Waals surface area (Å²) >= 11 is 0. The lowest BCUT2D eigenvalue weighted by Crippen LogP contribution is -2.51. The molecule has 0 saturated carbocycles. The van der Waals surface area contributed by atoms with Gasteiger partial charge < -0.3 is 9.80 Å². The largest absolute Gasteiger partial charge is 0.354 e. The fourth-order valence-corrected chi connectivity index (χ4v) is 3.07. The SMILES string of the molecule is Cc1ccc(C(=O)N2CCN(c3cc(=O)n(C)c(=O)n3C)CC2)cc1F. The van der Waals surface area contributed by atoms with Gasteiger partial charge in [0.05, 0.1) is 0 Å². The van der Waals surface area contributed by atoms with E-state index in [0.29, 0.717) is 43.1 Å². The first kappa shape index (κ1) is 17.9. The van der Waals surface area contributed by atoms with Crippen LogP contribution in [-0.4, -0.2) is 46.1 Å².